The summed E-state index contributed by atoms with van der Waals surface area (Å²) >= 11 is 0. The van der Waals surface area contributed by atoms with Crippen LogP contribution < -0.4 is 24.3 Å². The van der Waals surface area contributed by atoms with Crippen molar-refractivity contribution < 1.29 is 28.2 Å². The van der Waals surface area contributed by atoms with Crippen LogP contribution in [0.3, 0.4) is 0 Å². The molecule has 1 aromatic carbocycles. The molecule has 1 aromatic heterocycles. The molecular formula is C19H29BLiNO2. The SMILES string of the molecule is CCC(C)[B-]1(c2ccc3c(ccn3C)c2)OC(C)(C)C(C)(C)O1.[Li+]. The molecule has 2 aromatic rings. The second kappa shape index (κ2) is 6.25. The van der Waals surface area contributed by atoms with Gasteiger partial charge in [-0.2, -0.15) is 5.46 Å². The van der Waals surface area contributed by atoms with Crippen LogP contribution >= 0.6 is 0 Å². The van der Waals surface area contributed by atoms with Crippen molar-refractivity contribution in [2.75, 3.05) is 0 Å². The van der Waals surface area contributed by atoms with E-state index in [1.165, 1.54) is 16.4 Å². The fourth-order valence-electron chi connectivity index (χ4n) is 3.74. The maximum absolute atomic E-state index is 6.68. The van der Waals surface area contributed by atoms with Gasteiger partial charge in [-0.15, -0.1) is 5.82 Å². The van der Waals surface area contributed by atoms with Gasteiger partial charge in [-0.3, -0.25) is 0 Å². The van der Waals surface area contributed by atoms with Gasteiger partial charge in [0.1, 0.15) is 0 Å². The molecule has 5 heteroatoms. The van der Waals surface area contributed by atoms with Crippen molar-refractivity contribution in [1.82, 2.24) is 4.57 Å². The number of benzene rings is 1. The van der Waals surface area contributed by atoms with Crippen LogP contribution in [0.5, 0.6) is 0 Å². The molecule has 1 saturated heterocycles. The predicted molar refractivity (Wildman–Crippen MR) is 98.4 cm³/mol. The predicted octanol–water partition coefficient (Wildman–Crippen LogP) is 1.24. The number of hydrogen-bond donors (Lipinski definition) is 0. The topological polar surface area (TPSA) is 23.4 Å². The first-order valence-electron chi connectivity index (χ1n) is 8.73. The number of fused-ring (bicyclic) bond motifs is 1. The Balaban J connectivity index is 0.00000208. The Hall–Kier alpha value is -0.658. The molecule has 0 saturated carbocycles. The van der Waals surface area contributed by atoms with Gasteiger partial charge < -0.3 is 13.9 Å². The van der Waals surface area contributed by atoms with E-state index in [0.717, 1.165) is 6.42 Å². The van der Waals surface area contributed by atoms with E-state index >= 15 is 0 Å². The summed E-state index contributed by atoms with van der Waals surface area (Å²) in [7, 11) is 2.08. The maximum Gasteiger partial charge on any atom is 1.00 e. The van der Waals surface area contributed by atoms with Gasteiger partial charge in [-0.1, -0.05) is 32.4 Å². The van der Waals surface area contributed by atoms with Crippen molar-refractivity contribution in [2.45, 2.75) is 65.0 Å². The zero-order chi connectivity index (χ0) is 17.0. The van der Waals surface area contributed by atoms with E-state index in [2.05, 4.69) is 83.6 Å². The van der Waals surface area contributed by atoms with Crippen LogP contribution in [0.2, 0.25) is 5.82 Å². The van der Waals surface area contributed by atoms with E-state index in [1.807, 2.05) is 0 Å². The third-order valence-electron chi connectivity index (χ3n) is 6.16. The number of hydrogen-bond acceptors (Lipinski definition) is 2. The Kier molecular flexibility index (Phi) is 5.12. The number of aromatic nitrogens is 1. The molecule has 2 heterocycles. The molecule has 0 bridgehead atoms. The summed E-state index contributed by atoms with van der Waals surface area (Å²) < 4.78 is 15.5. The monoisotopic (exact) mass is 321 g/mol. The summed E-state index contributed by atoms with van der Waals surface area (Å²) in [5, 5.41) is 1.24. The van der Waals surface area contributed by atoms with Crippen molar-refractivity contribution in [2.24, 2.45) is 7.05 Å². The molecule has 24 heavy (non-hydrogen) atoms. The van der Waals surface area contributed by atoms with Crippen molar-refractivity contribution in [3.05, 3.63) is 30.5 Å². The van der Waals surface area contributed by atoms with Gasteiger partial charge in [0.15, 0.2) is 0 Å². The molecule has 0 aliphatic carbocycles. The number of rotatable bonds is 3. The summed E-state index contributed by atoms with van der Waals surface area (Å²) in [5.74, 6) is 0.331. The second-order valence-electron chi connectivity index (χ2n) is 8.16. The normalized spacial score (nSPS) is 22.3. The maximum atomic E-state index is 6.68. The Morgan fingerprint density at radius 1 is 1.08 bits per heavy atom. The van der Waals surface area contributed by atoms with E-state index in [0.29, 0.717) is 5.82 Å². The molecule has 1 atom stereocenters. The minimum Gasteiger partial charge on any atom is -0.558 e. The van der Waals surface area contributed by atoms with Crippen LogP contribution in [0.4, 0.5) is 0 Å². The quantitative estimate of drug-likeness (QED) is 0.794. The molecule has 1 unspecified atom stereocenters. The summed E-state index contributed by atoms with van der Waals surface area (Å²) in [6.07, 6.45) is 3.13. The molecule has 126 valence electrons. The molecule has 1 aliphatic heterocycles. The molecular weight excluding hydrogens is 292 g/mol. The van der Waals surface area contributed by atoms with E-state index < -0.39 is 6.55 Å². The Morgan fingerprint density at radius 2 is 1.67 bits per heavy atom. The van der Waals surface area contributed by atoms with E-state index in [9.17, 15) is 0 Å². The molecule has 0 spiro atoms. The molecule has 1 fully saturated rings. The van der Waals surface area contributed by atoms with Crippen LogP contribution in [-0.4, -0.2) is 22.3 Å². The summed E-state index contributed by atoms with van der Waals surface area (Å²) in [6.45, 7) is 11.5. The smallest absolute Gasteiger partial charge is 0.558 e. The van der Waals surface area contributed by atoms with Gasteiger partial charge in [0.05, 0.1) is 0 Å². The van der Waals surface area contributed by atoms with Crippen molar-refractivity contribution in [1.29, 1.82) is 0 Å². The first kappa shape index (κ1) is 19.7. The van der Waals surface area contributed by atoms with Crippen LogP contribution in [0.1, 0.15) is 48.0 Å². The van der Waals surface area contributed by atoms with Gasteiger partial charge in [-0.05, 0) is 45.2 Å². The van der Waals surface area contributed by atoms with Gasteiger partial charge in [-0.25, -0.2) is 0 Å². The van der Waals surface area contributed by atoms with Crippen LogP contribution in [0.15, 0.2) is 30.5 Å². The van der Waals surface area contributed by atoms with E-state index in [1.54, 1.807) is 0 Å². The Labute approximate surface area is 158 Å². The average molecular weight is 321 g/mol. The van der Waals surface area contributed by atoms with E-state index in [-0.39, 0.29) is 30.1 Å². The van der Waals surface area contributed by atoms with Crippen LogP contribution in [0, 0.1) is 0 Å². The van der Waals surface area contributed by atoms with Gasteiger partial charge >= 0.3 is 18.9 Å². The largest absolute Gasteiger partial charge is 1.00 e. The zero-order valence-electron chi connectivity index (χ0n) is 16.5. The van der Waals surface area contributed by atoms with E-state index in [4.69, 9.17) is 9.31 Å². The molecule has 1 aliphatic rings. The van der Waals surface area contributed by atoms with Crippen LogP contribution in [-0.2, 0) is 16.4 Å². The Bertz CT molecular complexity index is 722. The van der Waals surface area contributed by atoms with Crippen LogP contribution in [0.25, 0.3) is 10.9 Å². The summed E-state index contributed by atoms with van der Waals surface area (Å²) in [4.78, 5) is 0. The zero-order valence-corrected chi connectivity index (χ0v) is 16.5. The summed E-state index contributed by atoms with van der Waals surface area (Å²) in [5.41, 5.74) is 1.78. The fraction of sp³-hybridized carbons (Fsp3) is 0.579. The second-order valence-corrected chi connectivity index (χ2v) is 8.16. The molecule has 3 nitrogen and oxygen atoms in total. The third-order valence-corrected chi connectivity index (χ3v) is 6.16. The third kappa shape index (κ3) is 2.78. The fourth-order valence-corrected chi connectivity index (χ4v) is 3.74. The van der Waals surface area contributed by atoms with Gasteiger partial charge in [0, 0.05) is 30.0 Å². The molecule has 0 radical (unpaired) electrons. The number of nitrogens with zero attached hydrogens (tertiary/aromatic N) is 1. The molecule has 0 amide bonds. The van der Waals surface area contributed by atoms with Crippen molar-refractivity contribution in [3.63, 3.8) is 0 Å². The Morgan fingerprint density at radius 3 is 2.21 bits per heavy atom. The first-order valence-corrected chi connectivity index (χ1v) is 8.73. The first-order chi connectivity index (χ1) is 10.6. The van der Waals surface area contributed by atoms with Crippen molar-refractivity contribution in [3.8, 4) is 0 Å². The number of aryl methyl sites for hydroxylation is 1. The summed E-state index contributed by atoms with van der Waals surface area (Å²) in [6, 6.07) is 8.77. The standard InChI is InChI=1S/C19H29BNO2.Li/c1-8-14(2)20(22-18(3,4)19(5,6)23-20)16-9-10-17-15(13-16)11-12-21(17)7;/h9-14H,8H2,1-7H3;/q-1;+1. The molecule has 0 N–H and O–H groups in total. The van der Waals surface area contributed by atoms with Gasteiger partial charge in [0.2, 0.25) is 0 Å². The molecule has 3 rings (SSSR count). The minimum atomic E-state index is -1.50. The minimum absolute atomic E-state index is 0. The van der Waals surface area contributed by atoms with Gasteiger partial charge in [0.25, 0.3) is 6.55 Å². The average Bonchev–Trinajstić information content (AvgIpc) is 2.94. The van der Waals surface area contributed by atoms with Crippen molar-refractivity contribution >= 4 is 22.9 Å².